The van der Waals surface area contributed by atoms with Crippen LogP contribution in [-0.4, -0.2) is 29.1 Å². The van der Waals surface area contributed by atoms with Crippen LogP contribution in [0.15, 0.2) is 24.3 Å². The summed E-state index contributed by atoms with van der Waals surface area (Å²) in [5, 5.41) is 11.5. The van der Waals surface area contributed by atoms with Gasteiger partial charge in [-0.3, -0.25) is 4.79 Å². The van der Waals surface area contributed by atoms with Crippen LogP contribution in [0.25, 0.3) is 0 Å². The Morgan fingerprint density at radius 3 is 2.48 bits per heavy atom. The third-order valence-corrected chi connectivity index (χ3v) is 3.29. The zero-order valence-corrected chi connectivity index (χ0v) is 12.3. The lowest BCUT2D eigenvalue weighted by molar-refractivity contribution is -0.144. The number of halogens is 1. The molecule has 1 unspecified atom stereocenters. The van der Waals surface area contributed by atoms with E-state index in [2.05, 4.69) is 5.32 Å². The molecule has 1 aromatic rings. The largest absolute Gasteiger partial charge is 0.480 e. The fraction of sp³-hybridized carbons (Fsp3) is 0.467. The van der Waals surface area contributed by atoms with Crippen LogP contribution in [-0.2, 0) is 9.59 Å². The lowest BCUT2D eigenvalue weighted by Crippen LogP contribution is -2.49. The molecule has 0 heterocycles. The SMILES string of the molecule is CC[C@H](C)[C@H](NC(=O)C(C)Oc1ccccc1F)C(=O)O. The third-order valence-electron chi connectivity index (χ3n) is 3.29. The number of carboxylic acid groups (broad SMARTS) is 1. The van der Waals surface area contributed by atoms with E-state index in [0.29, 0.717) is 6.42 Å². The quantitative estimate of drug-likeness (QED) is 0.809. The van der Waals surface area contributed by atoms with Crippen molar-refractivity contribution in [1.29, 1.82) is 0 Å². The summed E-state index contributed by atoms with van der Waals surface area (Å²) in [6.45, 7) is 5.02. The molecule has 0 aliphatic heterocycles. The van der Waals surface area contributed by atoms with Gasteiger partial charge in [-0.05, 0) is 25.0 Å². The van der Waals surface area contributed by atoms with Gasteiger partial charge in [0.15, 0.2) is 17.7 Å². The summed E-state index contributed by atoms with van der Waals surface area (Å²) in [5.41, 5.74) is 0. The minimum absolute atomic E-state index is 0.0458. The average molecular weight is 297 g/mol. The van der Waals surface area contributed by atoms with E-state index in [0.717, 1.165) is 0 Å². The van der Waals surface area contributed by atoms with Crippen LogP contribution in [0.4, 0.5) is 4.39 Å². The lowest BCUT2D eigenvalue weighted by atomic mass is 9.99. The Morgan fingerprint density at radius 2 is 1.95 bits per heavy atom. The molecule has 0 radical (unpaired) electrons. The lowest BCUT2D eigenvalue weighted by Gasteiger charge is -2.22. The Bertz CT molecular complexity index is 506. The number of rotatable bonds is 7. The first-order chi connectivity index (χ1) is 9.86. The number of amides is 1. The molecule has 0 bridgehead atoms. The first kappa shape index (κ1) is 16.9. The normalized spacial score (nSPS) is 14.9. The van der Waals surface area contributed by atoms with Gasteiger partial charge in [-0.2, -0.15) is 0 Å². The van der Waals surface area contributed by atoms with Crippen LogP contribution >= 0.6 is 0 Å². The predicted molar refractivity (Wildman–Crippen MR) is 75.5 cm³/mol. The number of para-hydroxylation sites is 1. The second-order valence-electron chi connectivity index (χ2n) is 4.90. The number of carboxylic acids is 1. The first-order valence-corrected chi connectivity index (χ1v) is 6.81. The first-order valence-electron chi connectivity index (χ1n) is 6.81. The van der Waals surface area contributed by atoms with E-state index in [1.807, 2.05) is 6.92 Å². The summed E-state index contributed by atoms with van der Waals surface area (Å²) in [7, 11) is 0. The zero-order chi connectivity index (χ0) is 16.0. The number of hydrogen-bond donors (Lipinski definition) is 2. The zero-order valence-electron chi connectivity index (χ0n) is 12.3. The van der Waals surface area contributed by atoms with Crippen LogP contribution in [0, 0.1) is 11.7 Å². The van der Waals surface area contributed by atoms with E-state index >= 15 is 0 Å². The Labute approximate surface area is 123 Å². The summed E-state index contributed by atoms with van der Waals surface area (Å²) in [5.74, 6) is -2.53. The molecule has 0 saturated heterocycles. The smallest absolute Gasteiger partial charge is 0.326 e. The highest BCUT2D eigenvalue weighted by Crippen LogP contribution is 2.17. The molecule has 1 rings (SSSR count). The van der Waals surface area contributed by atoms with Gasteiger partial charge in [-0.1, -0.05) is 32.4 Å². The molecule has 21 heavy (non-hydrogen) atoms. The Kier molecular flexibility index (Phi) is 6.14. The number of hydrogen-bond acceptors (Lipinski definition) is 3. The van der Waals surface area contributed by atoms with Gasteiger partial charge < -0.3 is 15.2 Å². The van der Waals surface area contributed by atoms with Crippen LogP contribution in [0.5, 0.6) is 5.75 Å². The second kappa shape index (κ2) is 7.61. The highest BCUT2D eigenvalue weighted by atomic mass is 19.1. The highest BCUT2D eigenvalue weighted by molar-refractivity contribution is 5.86. The van der Waals surface area contributed by atoms with Crippen molar-refractivity contribution in [3.05, 3.63) is 30.1 Å². The second-order valence-corrected chi connectivity index (χ2v) is 4.90. The molecule has 0 aliphatic carbocycles. The van der Waals surface area contributed by atoms with Crippen molar-refractivity contribution in [2.24, 2.45) is 5.92 Å². The maximum absolute atomic E-state index is 13.4. The molecule has 6 heteroatoms. The van der Waals surface area contributed by atoms with Gasteiger partial charge >= 0.3 is 5.97 Å². The molecule has 3 atom stereocenters. The van der Waals surface area contributed by atoms with Gasteiger partial charge in [0.05, 0.1) is 0 Å². The molecular formula is C15H20FNO4. The fourth-order valence-corrected chi connectivity index (χ4v) is 1.74. The minimum atomic E-state index is -1.10. The molecule has 0 saturated carbocycles. The summed E-state index contributed by atoms with van der Waals surface area (Å²) >= 11 is 0. The molecule has 0 aromatic heterocycles. The van der Waals surface area contributed by atoms with Crippen LogP contribution < -0.4 is 10.1 Å². The van der Waals surface area contributed by atoms with E-state index in [1.54, 1.807) is 13.0 Å². The van der Waals surface area contributed by atoms with E-state index in [9.17, 15) is 14.0 Å². The molecule has 1 aromatic carbocycles. The van der Waals surface area contributed by atoms with Gasteiger partial charge in [-0.15, -0.1) is 0 Å². The van der Waals surface area contributed by atoms with Crippen LogP contribution in [0.1, 0.15) is 27.2 Å². The fourth-order valence-electron chi connectivity index (χ4n) is 1.74. The Balaban J connectivity index is 2.70. The van der Waals surface area contributed by atoms with Crippen LogP contribution in [0.2, 0.25) is 0 Å². The molecule has 0 spiro atoms. The van der Waals surface area contributed by atoms with Crippen molar-refractivity contribution in [3.63, 3.8) is 0 Å². The number of nitrogens with one attached hydrogen (secondary N) is 1. The molecule has 0 aliphatic rings. The molecule has 116 valence electrons. The maximum Gasteiger partial charge on any atom is 0.326 e. The van der Waals surface area contributed by atoms with Gasteiger partial charge in [0.1, 0.15) is 6.04 Å². The van der Waals surface area contributed by atoms with E-state index in [1.165, 1.54) is 25.1 Å². The summed E-state index contributed by atoms with van der Waals surface area (Å²) in [4.78, 5) is 23.1. The summed E-state index contributed by atoms with van der Waals surface area (Å²) in [6, 6.07) is 4.73. The number of aliphatic carboxylic acids is 1. The Morgan fingerprint density at radius 1 is 1.33 bits per heavy atom. The van der Waals surface area contributed by atoms with Crippen molar-refractivity contribution >= 4 is 11.9 Å². The van der Waals surface area contributed by atoms with E-state index < -0.39 is 29.8 Å². The van der Waals surface area contributed by atoms with Crippen molar-refractivity contribution in [2.75, 3.05) is 0 Å². The van der Waals surface area contributed by atoms with E-state index in [-0.39, 0.29) is 11.7 Å². The molecule has 2 N–H and O–H groups in total. The van der Waals surface area contributed by atoms with Crippen molar-refractivity contribution < 1.29 is 23.8 Å². The predicted octanol–water partition coefficient (Wildman–Crippen LogP) is 2.21. The van der Waals surface area contributed by atoms with Gasteiger partial charge in [0.25, 0.3) is 5.91 Å². The standard InChI is InChI=1S/C15H20FNO4/c1-4-9(2)13(15(19)20)17-14(18)10(3)21-12-8-6-5-7-11(12)16/h5-10,13H,4H2,1-3H3,(H,17,18)(H,19,20)/t9-,10?,13-/m0/s1. The number of carbonyl (C=O) groups is 2. The Hall–Kier alpha value is -2.11. The molecule has 5 nitrogen and oxygen atoms in total. The monoisotopic (exact) mass is 297 g/mol. The summed E-state index contributed by atoms with van der Waals surface area (Å²) in [6.07, 6.45) is -0.382. The number of carbonyl (C=O) groups excluding carboxylic acids is 1. The van der Waals surface area contributed by atoms with Crippen molar-refractivity contribution in [3.8, 4) is 5.75 Å². The molecule has 0 fully saturated rings. The van der Waals surface area contributed by atoms with Crippen molar-refractivity contribution in [1.82, 2.24) is 5.32 Å². The van der Waals surface area contributed by atoms with Gasteiger partial charge in [-0.25, -0.2) is 9.18 Å². The average Bonchev–Trinajstić information content (AvgIpc) is 2.45. The number of benzene rings is 1. The molecular weight excluding hydrogens is 277 g/mol. The molecule has 1 amide bonds. The third kappa shape index (κ3) is 4.73. The van der Waals surface area contributed by atoms with Gasteiger partial charge in [0.2, 0.25) is 0 Å². The van der Waals surface area contributed by atoms with Crippen molar-refractivity contribution in [2.45, 2.75) is 39.3 Å². The maximum atomic E-state index is 13.4. The summed E-state index contributed by atoms with van der Waals surface area (Å²) < 4.78 is 18.7. The van der Waals surface area contributed by atoms with Gasteiger partial charge in [0, 0.05) is 0 Å². The topological polar surface area (TPSA) is 75.6 Å². The minimum Gasteiger partial charge on any atom is -0.480 e. The number of ether oxygens (including phenoxy) is 1. The van der Waals surface area contributed by atoms with E-state index in [4.69, 9.17) is 9.84 Å². The van der Waals surface area contributed by atoms with Crippen LogP contribution in [0.3, 0.4) is 0 Å². The highest BCUT2D eigenvalue weighted by Gasteiger charge is 2.28.